The number of guanidine groups is 1. The van der Waals surface area contributed by atoms with Gasteiger partial charge in [0.15, 0.2) is 0 Å². The normalized spacial score (nSPS) is 16.6. The molecule has 1 amide bonds. The molecule has 0 radical (unpaired) electrons. The molecule has 1 fully saturated rings. The number of nitrogens with one attached hydrogen (secondary N) is 2. The van der Waals surface area contributed by atoms with Crippen LogP contribution >= 0.6 is 11.6 Å². The lowest BCUT2D eigenvalue weighted by Gasteiger charge is -2.15. The van der Waals surface area contributed by atoms with Crippen molar-refractivity contribution in [1.29, 1.82) is 0 Å². The highest BCUT2D eigenvalue weighted by Crippen LogP contribution is 2.20. The summed E-state index contributed by atoms with van der Waals surface area (Å²) >= 11 is 5.86. The summed E-state index contributed by atoms with van der Waals surface area (Å²) in [5.41, 5.74) is 1.93. The summed E-state index contributed by atoms with van der Waals surface area (Å²) in [7, 11) is 3.82. The van der Waals surface area contributed by atoms with Crippen LogP contribution in [0.3, 0.4) is 0 Å². The molecule has 154 valence electrons. The third-order valence-electron chi connectivity index (χ3n) is 4.52. The molecule has 0 saturated carbocycles. The minimum absolute atomic E-state index is 0.0153. The Labute approximate surface area is 174 Å². The second-order valence-electron chi connectivity index (χ2n) is 6.98. The molecule has 1 atom stereocenters. The summed E-state index contributed by atoms with van der Waals surface area (Å²) in [4.78, 5) is 19.2. The average molecular weight is 419 g/mol. The van der Waals surface area contributed by atoms with Crippen LogP contribution in [0, 0.1) is 5.82 Å². The van der Waals surface area contributed by atoms with Crippen LogP contribution in [-0.4, -0.2) is 45.2 Å². The topological polar surface area (TPSA) is 66.0 Å². The third kappa shape index (κ3) is 5.92. The first-order chi connectivity index (χ1) is 13.9. The van der Waals surface area contributed by atoms with E-state index in [2.05, 4.69) is 15.6 Å². The molecule has 0 bridgehead atoms. The first-order valence-electron chi connectivity index (χ1n) is 9.39. The smallest absolute Gasteiger partial charge is 0.258 e. The molecule has 1 unspecified atom stereocenters. The van der Waals surface area contributed by atoms with Crippen molar-refractivity contribution in [1.82, 2.24) is 5.32 Å². The minimum atomic E-state index is -0.514. The molecule has 3 rings (SSSR count). The molecular formula is C21H24ClFN4O2. The standard InChI is InChI=1S/C21H24ClFN4O2/c1-27(2)16-6-3-5-14(11-16)20(28)26-21(24-13-17-7-4-10-29-17)25-15-8-9-19(23)18(22)12-15/h3,5-6,8-9,11-12,17H,4,7,10,13H2,1-2H3,(H2,24,25,26,28). The van der Waals surface area contributed by atoms with Crippen LogP contribution in [0.2, 0.25) is 5.02 Å². The number of amides is 1. The molecular weight excluding hydrogens is 395 g/mol. The molecule has 6 nitrogen and oxygen atoms in total. The molecule has 1 heterocycles. The molecule has 0 aliphatic carbocycles. The van der Waals surface area contributed by atoms with Gasteiger partial charge in [-0.05, 0) is 49.2 Å². The fourth-order valence-electron chi connectivity index (χ4n) is 2.91. The molecule has 1 saturated heterocycles. The van der Waals surface area contributed by atoms with Crippen molar-refractivity contribution in [2.45, 2.75) is 18.9 Å². The molecule has 2 N–H and O–H groups in total. The maximum atomic E-state index is 13.4. The molecule has 8 heteroatoms. The van der Waals surface area contributed by atoms with E-state index in [4.69, 9.17) is 16.3 Å². The maximum Gasteiger partial charge on any atom is 0.258 e. The zero-order valence-electron chi connectivity index (χ0n) is 16.4. The zero-order valence-corrected chi connectivity index (χ0v) is 17.2. The number of ether oxygens (including phenoxy) is 1. The van der Waals surface area contributed by atoms with E-state index in [9.17, 15) is 9.18 Å². The van der Waals surface area contributed by atoms with Crippen LogP contribution in [0.15, 0.2) is 47.5 Å². The maximum absolute atomic E-state index is 13.4. The van der Waals surface area contributed by atoms with Crippen molar-refractivity contribution in [2.24, 2.45) is 4.99 Å². The lowest BCUT2D eigenvalue weighted by atomic mass is 10.2. The quantitative estimate of drug-likeness (QED) is 0.570. The van der Waals surface area contributed by atoms with Gasteiger partial charge in [-0.25, -0.2) is 9.38 Å². The number of hydrogen-bond acceptors (Lipinski definition) is 4. The van der Waals surface area contributed by atoms with E-state index >= 15 is 0 Å². The Bertz CT molecular complexity index is 898. The SMILES string of the molecule is CN(C)c1cccc(C(=O)NC(=NCC2CCCO2)Nc2ccc(F)c(Cl)c2)c1. The van der Waals surface area contributed by atoms with Gasteiger partial charge in [-0.15, -0.1) is 0 Å². The predicted molar refractivity (Wildman–Crippen MR) is 115 cm³/mol. The van der Waals surface area contributed by atoms with Crippen molar-refractivity contribution in [3.8, 4) is 0 Å². The summed E-state index contributed by atoms with van der Waals surface area (Å²) in [6.45, 7) is 1.13. The molecule has 2 aromatic rings. The largest absolute Gasteiger partial charge is 0.378 e. The van der Waals surface area contributed by atoms with Crippen molar-refractivity contribution in [3.63, 3.8) is 0 Å². The molecule has 1 aliphatic rings. The molecule has 0 aromatic heterocycles. The molecule has 1 aliphatic heterocycles. The molecule has 0 spiro atoms. The fourth-order valence-corrected chi connectivity index (χ4v) is 3.09. The van der Waals surface area contributed by atoms with E-state index in [-0.39, 0.29) is 23.0 Å². The number of carbonyl (C=O) groups is 1. The van der Waals surface area contributed by atoms with Crippen molar-refractivity contribution >= 4 is 34.8 Å². The minimum Gasteiger partial charge on any atom is -0.378 e. The summed E-state index contributed by atoms with van der Waals surface area (Å²) in [5, 5.41) is 5.79. The van der Waals surface area contributed by atoms with Crippen LogP contribution in [0.4, 0.5) is 15.8 Å². The number of carbonyl (C=O) groups excluding carboxylic acids is 1. The highest BCUT2D eigenvalue weighted by atomic mass is 35.5. The Morgan fingerprint density at radius 1 is 1.31 bits per heavy atom. The van der Waals surface area contributed by atoms with E-state index in [1.54, 1.807) is 12.1 Å². The lowest BCUT2D eigenvalue weighted by Crippen LogP contribution is -2.36. The Balaban J connectivity index is 1.78. The molecule has 29 heavy (non-hydrogen) atoms. The second kappa shape index (κ2) is 9.71. The van der Waals surface area contributed by atoms with Gasteiger partial charge in [0.05, 0.1) is 17.7 Å². The predicted octanol–water partition coefficient (Wildman–Crippen LogP) is 3.92. The van der Waals surface area contributed by atoms with Crippen molar-refractivity contribution in [2.75, 3.05) is 37.5 Å². The average Bonchev–Trinajstić information content (AvgIpc) is 3.22. The van der Waals surface area contributed by atoms with E-state index in [0.29, 0.717) is 17.8 Å². The fraction of sp³-hybridized carbons (Fsp3) is 0.333. The van der Waals surface area contributed by atoms with Gasteiger partial charge in [0, 0.05) is 37.6 Å². The van der Waals surface area contributed by atoms with E-state index < -0.39 is 5.82 Å². The summed E-state index contributed by atoms with van der Waals surface area (Å²) in [5.74, 6) is -0.566. The second-order valence-corrected chi connectivity index (χ2v) is 7.38. The Hall–Kier alpha value is -2.64. The van der Waals surface area contributed by atoms with Crippen LogP contribution in [0.1, 0.15) is 23.2 Å². The van der Waals surface area contributed by atoms with E-state index in [0.717, 1.165) is 25.1 Å². The van der Waals surface area contributed by atoms with Gasteiger partial charge >= 0.3 is 0 Å². The van der Waals surface area contributed by atoms with Crippen LogP contribution in [0.25, 0.3) is 0 Å². The van der Waals surface area contributed by atoms with Gasteiger partial charge in [0.25, 0.3) is 5.91 Å². The summed E-state index contributed by atoms with van der Waals surface area (Å²) in [6.07, 6.45) is 1.95. The highest BCUT2D eigenvalue weighted by molar-refractivity contribution is 6.31. The van der Waals surface area contributed by atoms with Crippen LogP contribution in [-0.2, 0) is 4.74 Å². The third-order valence-corrected chi connectivity index (χ3v) is 4.81. The number of aliphatic imine (C=N–C) groups is 1. The number of rotatable bonds is 5. The number of benzene rings is 2. The van der Waals surface area contributed by atoms with E-state index in [1.165, 1.54) is 18.2 Å². The number of anilines is 2. The number of halogens is 2. The zero-order chi connectivity index (χ0) is 20.8. The van der Waals surface area contributed by atoms with Gasteiger partial charge < -0.3 is 15.0 Å². The lowest BCUT2D eigenvalue weighted by molar-refractivity contribution is 0.0975. The first-order valence-corrected chi connectivity index (χ1v) is 9.77. The Kier molecular flexibility index (Phi) is 7.06. The molecule has 2 aromatic carbocycles. The van der Waals surface area contributed by atoms with Crippen LogP contribution in [0.5, 0.6) is 0 Å². The van der Waals surface area contributed by atoms with Gasteiger partial charge in [0.2, 0.25) is 5.96 Å². The Morgan fingerprint density at radius 3 is 2.83 bits per heavy atom. The van der Waals surface area contributed by atoms with Crippen LogP contribution < -0.4 is 15.5 Å². The number of nitrogens with zero attached hydrogens (tertiary/aromatic N) is 2. The van der Waals surface area contributed by atoms with Gasteiger partial charge in [-0.1, -0.05) is 17.7 Å². The van der Waals surface area contributed by atoms with E-state index in [1.807, 2.05) is 31.1 Å². The summed E-state index contributed by atoms with van der Waals surface area (Å²) < 4.78 is 19.0. The summed E-state index contributed by atoms with van der Waals surface area (Å²) in [6, 6.07) is 11.5. The number of hydrogen-bond donors (Lipinski definition) is 2. The van der Waals surface area contributed by atoms with Crippen molar-refractivity contribution < 1.29 is 13.9 Å². The first kappa shape index (κ1) is 21.1. The Morgan fingerprint density at radius 2 is 2.14 bits per heavy atom. The van der Waals surface area contributed by atoms with Crippen molar-refractivity contribution in [3.05, 3.63) is 58.9 Å². The van der Waals surface area contributed by atoms with Gasteiger partial charge in [0.1, 0.15) is 5.82 Å². The monoisotopic (exact) mass is 418 g/mol. The van der Waals surface area contributed by atoms with Gasteiger partial charge in [-0.3, -0.25) is 10.1 Å². The highest BCUT2D eigenvalue weighted by Gasteiger charge is 2.16. The van der Waals surface area contributed by atoms with Gasteiger partial charge in [-0.2, -0.15) is 0 Å².